The second kappa shape index (κ2) is 7.98. The fourth-order valence-corrected chi connectivity index (χ4v) is 2.05. The lowest BCUT2D eigenvalue weighted by molar-refractivity contribution is 0.104. The summed E-state index contributed by atoms with van der Waals surface area (Å²) in [5.41, 5.74) is 1.08. The van der Waals surface area contributed by atoms with Gasteiger partial charge in [-0.3, -0.25) is 4.98 Å². The van der Waals surface area contributed by atoms with Crippen molar-refractivity contribution in [3.8, 4) is 5.75 Å². The molecule has 0 spiro atoms. The summed E-state index contributed by atoms with van der Waals surface area (Å²) in [7, 11) is 0. The number of nitrogens with one attached hydrogen (secondary N) is 1. The Kier molecular flexibility index (Phi) is 5.99. The molecule has 0 amide bonds. The smallest absolute Gasteiger partial charge is 0.120 e. The summed E-state index contributed by atoms with van der Waals surface area (Å²) in [6.07, 6.45) is 2.96. The Morgan fingerprint density at radius 3 is 2.90 bits per heavy atom. The van der Waals surface area contributed by atoms with Gasteiger partial charge in [0.25, 0.3) is 0 Å². The highest BCUT2D eigenvalue weighted by atomic mass is 35.5. The molecule has 4 nitrogen and oxygen atoms in total. The molecule has 2 aromatic rings. The van der Waals surface area contributed by atoms with Gasteiger partial charge in [-0.25, -0.2) is 0 Å². The minimum atomic E-state index is -0.594. The molecule has 1 aromatic heterocycles. The third-order valence-electron chi connectivity index (χ3n) is 3.08. The minimum Gasteiger partial charge on any atom is -0.491 e. The number of ether oxygens (including phenoxy) is 1. The highest BCUT2D eigenvalue weighted by Crippen LogP contribution is 2.17. The molecule has 0 radical (unpaired) electrons. The van der Waals surface area contributed by atoms with E-state index in [1.165, 1.54) is 0 Å². The topological polar surface area (TPSA) is 54.4 Å². The average molecular weight is 307 g/mol. The molecule has 1 heterocycles. The van der Waals surface area contributed by atoms with E-state index in [9.17, 15) is 5.11 Å². The van der Waals surface area contributed by atoms with Crippen LogP contribution in [0, 0.1) is 0 Å². The van der Waals surface area contributed by atoms with E-state index >= 15 is 0 Å². The summed E-state index contributed by atoms with van der Waals surface area (Å²) < 4.78 is 5.50. The van der Waals surface area contributed by atoms with Crippen molar-refractivity contribution in [3.05, 3.63) is 59.4 Å². The highest BCUT2D eigenvalue weighted by Gasteiger charge is 2.09. The summed E-state index contributed by atoms with van der Waals surface area (Å²) >= 11 is 5.87. The number of hydrogen-bond donors (Lipinski definition) is 2. The lowest BCUT2D eigenvalue weighted by Gasteiger charge is -2.17. The molecule has 1 unspecified atom stereocenters. The molecule has 112 valence electrons. The van der Waals surface area contributed by atoms with Crippen LogP contribution >= 0.6 is 11.6 Å². The third kappa shape index (κ3) is 5.34. The molecular weight excluding hydrogens is 288 g/mol. The predicted octanol–water partition coefficient (Wildman–Crippen LogP) is 2.83. The number of hydrogen-bond acceptors (Lipinski definition) is 4. The average Bonchev–Trinajstić information content (AvgIpc) is 2.51. The van der Waals surface area contributed by atoms with Gasteiger partial charge in [0.15, 0.2) is 0 Å². The molecule has 0 saturated heterocycles. The van der Waals surface area contributed by atoms with Crippen LogP contribution in [0.4, 0.5) is 0 Å². The SMILES string of the molecule is C[C@H](NCC(O)COc1cccc(Cl)c1)c1cccnc1. The number of halogens is 1. The number of benzene rings is 1. The van der Waals surface area contributed by atoms with Gasteiger partial charge in [-0.05, 0) is 36.8 Å². The molecule has 21 heavy (non-hydrogen) atoms. The molecule has 0 saturated carbocycles. The lowest BCUT2D eigenvalue weighted by Crippen LogP contribution is -2.33. The third-order valence-corrected chi connectivity index (χ3v) is 3.32. The van der Waals surface area contributed by atoms with Crippen LogP contribution in [-0.2, 0) is 0 Å². The lowest BCUT2D eigenvalue weighted by atomic mass is 10.1. The van der Waals surface area contributed by atoms with Crippen molar-refractivity contribution < 1.29 is 9.84 Å². The van der Waals surface area contributed by atoms with E-state index in [0.717, 1.165) is 5.56 Å². The maximum absolute atomic E-state index is 9.94. The van der Waals surface area contributed by atoms with Crippen LogP contribution < -0.4 is 10.1 Å². The fourth-order valence-electron chi connectivity index (χ4n) is 1.87. The van der Waals surface area contributed by atoms with Gasteiger partial charge in [-0.1, -0.05) is 23.7 Å². The van der Waals surface area contributed by atoms with Gasteiger partial charge in [-0.15, -0.1) is 0 Å². The number of aromatic nitrogens is 1. The van der Waals surface area contributed by atoms with Crippen molar-refractivity contribution in [2.75, 3.05) is 13.2 Å². The first-order valence-corrected chi connectivity index (χ1v) is 7.22. The Morgan fingerprint density at radius 1 is 1.33 bits per heavy atom. The summed E-state index contributed by atoms with van der Waals surface area (Å²) in [5.74, 6) is 0.654. The number of aliphatic hydroxyl groups excluding tert-OH is 1. The van der Waals surface area contributed by atoms with Crippen LogP contribution in [0.2, 0.25) is 5.02 Å². The van der Waals surface area contributed by atoms with Gasteiger partial charge in [-0.2, -0.15) is 0 Å². The summed E-state index contributed by atoms with van der Waals surface area (Å²) in [6, 6.07) is 11.1. The zero-order valence-electron chi connectivity index (χ0n) is 11.9. The van der Waals surface area contributed by atoms with Crippen LogP contribution in [0.15, 0.2) is 48.8 Å². The van der Waals surface area contributed by atoms with Gasteiger partial charge in [0.2, 0.25) is 0 Å². The van der Waals surface area contributed by atoms with E-state index in [0.29, 0.717) is 17.3 Å². The summed E-state index contributed by atoms with van der Waals surface area (Å²) in [4.78, 5) is 4.08. The van der Waals surface area contributed by atoms with Gasteiger partial charge >= 0.3 is 0 Å². The van der Waals surface area contributed by atoms with E-state index < -0.39 is 6.10 Å². The van der Waals surface area contributed by atoms with Crippen molar-refractivity contribution in [3.63, 3.8) is 0 Å². The van der Waals surface area contributed by atoms with Crippen molar-refractivity contribution in [2.24, 2.45) is 0 Å². The molecule has 1 aromatic carbocycles. The quantitative estimate of drug-likeness (QED) is 0.826. The van der Waals surface area contributed by atoms with Crippen LogP contribution in [-0.4, -0.2) is 29.3 Å². The first-order chi connectivity index (χ1) is 10.1. The number of nitrogens with zero attached hydrogens (tertiary/aromatic N) is 1. The predicted molar refractivity (Wildman–Crippen MR) is 83.6 cm³/mol. The number of aliphatic hydroxyl groups is 1. The van der Waals surface area contributed by atoms with E-state index in [1.807, 2.05) is 37.4 Å². The first-order valence-electron chi connectivity index (χ1n) is 6.85. The molecule has 2 atom stereocenters. The monoisotopic (exact) mass is 306 g/mol. The number of pyridine rings is 1. The van der Waals surface area contributed by atoms with Crippen molar-refractivity contribution in [1.82, 2.24) is 10.3 Å². The van der Waals surface area contributed by atoms with Crippen molar-refractivity contribution in [2.45, 2.75) is 19.1 Å². The van der Waals surface area contributed by atoms with Gasteiger partial charge in [0.1, 0.15) is 18.5 Å². The normalized spacial score (nSPS) is 13.7. The largest absolute Gasteiger partial charge is 0.491 e. The van der Waals surface area contributed by atoms with Crippen LogP contribution in [0.5, 0.6) is 5.75 Å². The maximum atomic E-state index is 9.94. The molecule has 2 N–H and O–H groups in total. The summed E-state index contributed by atoms with van der Waals surface area (Å²) in [6.45, 7) is 2.69. The molecule has 0 aliphatic rings. The van der Waals surface area contributed by atoms with E-state index in [2.05, 4.69) is 10.3 Å². The fraction of sp³-hybridized carbons (Fsp3) is 0.312. The highest BCUT2D eigenvalue weighted by molar-refractivity contribution is 6.30. The molecule has 0 aliphatic heterocycles. The Hall–Kier alpha value is -1.62. The zero-order chi connectivity index (χ0) is 15.1. The molecule has 0 fully saturated rings. The Balaban J connectivity index is 1.73. The second-order valence-electron chi connectivity index (χ2n) is 4.84. The second-order valence-corrected chi connectivity index (χ2v) is 5.27. The zero-order valence-corrected chi connectivity index (χ0v) is 12.6. The molecule has 2 rings (SSSR count). The molecule has 0 aliphatic carbocycles. The van der Waals surface area contributed by atoms with Gasteiger partial charge in [0, 0.05) is 30.0 Å². The molecule has 5 heteroatoms. The van der Waals surface area contributed by atoms with Gasteiger partial charge in [0.05, 0.1) is 0 Å². The van der Waals surface area contributed by atoms with Crippen molar-refractivity contribution in [1.29, 1.82) is 0 Å². The Bertz CT molecular complexity index is 551. The molecular formula is C16H19ClN2O2. The van der Waals surface area contributed by atoms with Crippen LogP contribution in [0.25, 0.3) is 0 Å². The Morgan fingerprint density at radius 2 is 2.19 bits per heavy atom. The Labute approximate surface area is 129 Å². The minimum absolute atomic E-state index is 0.125. The van der Waals surface area contributed by atoms with Crippen LogP contribution in [0.1, 0.15) is 18.5 Å². The van der Waals surface area contributed by atoms with E-state index in [1.54, 1.807) is 18.3 Å². The maximum Gasteiger partial charge on any atom is 0.120 e. The summed E-state index contributed by atoms with van der Waals surface area (Å²) in [5, 5.41) is 13.8. The standard InChI is InChI=1S/C16H19ClN2O2/c1-12(13-4-3-7-18-9-13)19-10-15(20)11-21-16-6-2-5-14(17)8-16/h2-9,12,15,19-20H,10-11H2,1H3/t12-,15?/m0/s1. The van der Waals surface area contributed by atoms with E-state index in [4.69, 9.17) is 16.3 Å². The van der Waals surface area contributed by atoms with E-state index in [-0.39, 0.29) is 12.6 Å². The number of rotatable bonds is 7. The van der Waals surface area contributed by atoms with Gasteiger partial charge < -0.3 is 15.2 Å². The van der Waals surface area contributed by atoms with Crippen LogP contribution in [0.3, 0.4) is 0 Å². The molecule has 0 bridgehead atoms. The first kappa shape index (κ1) is 15.8. The van der Waals surface area contributed by atoms with Crippen molar-refractivity contribution >= 4 is 11.6 Å².